The maximum Gasteiger partial charge on any atom is 0.119 e. The monoisotopic (exact) mass is 276 g/mol. The van der Waals surface area contributed by atoms with Crippen LogP contribution in [0.5, 0.6) is 11.5 Å². The standard InChI is InChI=1S/C6H14O5.C6H6O2/c7-1-5(9)3-11-4-6(10)2-8;7-5-2-1-3-6(8)4-5/h5-10H,1-4H2;1-4,7-8H. The third-order valence-electron chi connectivity index (χ3n) is 1.87. The van der Waals surface area contributed by atoms with E-state index in [9.17, 15) is 0 Å². The number of hydrogen-bond donors (Lipinski definition) is 6. The highest BCUT2D eigenvalue weighted by Gasteiger charge is 2.04. The topological polar surface area (TPSA) is 131 Å². The van der Waals surface area contributed by atoms with Crippen LogP contribution in [0.4, 0.5) is 0 Å². The molecule has 7 heteroatoms. The fourth-order valence-electron chi connectivity index (χ4n) is 0.939. The van der Waals surface area contributed by atoms with Gasteiger partial charge in [-0.3, -0.25) is 0 Å². The van der Waals surface area contributed by atoms with Gasteiger partial charge in [-0.25, -0.2) is 0 Å². The summed E-state index contributed by atoms with van der Waals surface area (Å²) in [6.45, 7) is -0.800. The van der Waals surface area contributed by atoms with Crippen molar-refractivity contribution < 1.29 is 35.4 Å². The maximum atomic E-state index is 8.72. The van der Waals surface area contributed by atoms with Crippen molar-refractivity contribution in [2.75, 3.05) is 26.4 Å². The predicted octanol–water partition coefficient (Wildman–Crippen LogP) is -1.19. The molecule has 2 unspecified atom stereocenters. The number of benzene rings is 1. The summed E-state index contributed by atoms with van der Waals surface area (Å²) in [7, 11) is 0. The van der Waals surface area contributed by atoms with E-state index in [2.05, 4.69) is 0 Å². The van der Waals surface area contributed by atoms with Gasteiger partial charge in [0.05, 0.1) is 26.4 Å². The summed E-state index contributed by atoms with van der Waals surface area (Å²) in [6, 6.07) is 5.85. The van der Waals surface area contributed by atoms with Crippen LogP contribution in [0.3, 0.4) is 0 Å². The van der Waals surface area contributed by atoms with E-state index in [1.54, 1.807) is 6.07 Å². The zero-order valence-corrected chi connectivity index (χ0v) is 10.4. The van der Waals surface area contributed by atoms with Gasteiger partial charge in [0.15, 0.2) is 0 Å². The second kappa shape index (κ2) is 10.5. The van der Waals surface area contributed by atoms with Crippen molar-refractivity contribution in [1.82, 2.24) is 0 Å². The van der Waals surface area contributed by atoms with E-state index in [0.717, 1.165) is 0 Å². The Hall–Kier alpha value is -1.38. The quantitative estimate of drug-likeness (QED) is 0.385. The van der Waals surface area contributed by atoms with Gasteiger partial charge in [0.1, 0.15) is 23.7 Å². The molecule has 0 saturated heterocycles. The first-order chi connectivity index (χ1) is 8.99. The van der Waals surface area contributed by atoms with Crippen LogP contribution in [0, 0.1) is 0 Å². The number of aliphatic hydroxyl groups is 4. The molecule has 0 aromatic heterocycles. The number of ether oxygens (including phenoxy) is 1. The zero-order valence-electron chi connectivity index (χ0n) is 10.4. The number of phenols is 2. The lowest BCUT2D eigenvalue weighted by atomic mass is 10.3. The molecule has 0 spiro atoms. The largest absolute Gasteiger partial charge is 0.508 e. The number of aliphatic hydroxyl groups excluding tert-OH is 4. The van der Waals surface area contributed by atoms with E-state index >= 15 is 0 Å². The van der Waals surface area contributed by atoms with Crippen molar-refractivity contribution in [1.29, 1.82) is 0 Å². The molecule has 19 heavy (non-hydrogen) atoms. The number of aromatic hydroxyl groups is 2. The Bertz CT molecular complexity index is 304. The van der Waals surface area contributed by atoms with Gasteiger partial charge in [-0.15, -0.1) is 0 Å². The Morgan fingerprint density at radius 2 is 1.32 bits per heavy atom. The van der Waals surface area contributed by atoms with Crippen LogP contribution in [0.15, 0.2) is 24.3 Å². The van der Waals surface area contributed by atoms with Crippen molar-refractivity contribution in [3.05, 3.63) is 24.3 Å². The lowest BCUT2D eigenvalue weighted by molar-refractivity contribution is -0.0364. The molecule has 2 atom stereocenters. The summed E-state index contributed by atoms with van der Waals surface area (Å²) in [5.41, 5.74) is 0. The highest BCUT2D eigenvalue weighted by Crippen LogP contribution is 2.14. The van der Waals surface area contributed by atoms with Crippen LogP contribution in [0.25, 0.3) is 0 Å². The van der Waals surface area contributed by atoms with Crippen molar-refractivity contribution >= 4 is 0 Å². The number of rotatable bonds is 6. The van der Waals surface area contributed by atoms with Crippen LogP contribution in [-0.2, 0) is 4.74 Å². The second-order valence-electron chi connectivity index (χ2n) is 3.73. The Morgan fingerprint density at radius 3 is 1.58 bits per heavy atom. The molecule has 0 saturated carbocycles. The lowest BCUT2D eigenvalue weighted by Gasteiger charge is -2.10. The molecule has 0 aliphatic carbocycles. The molecule has 0 aliphatic heterocycles. The van der Waals surface area contributed by atoms with Gasteiger partial charge in [-0.2, -0.15) is 0 Å². The van der Waals surface area contributed by atoms with E-state index in [0.29, 0.717) is 0 Å². The molecular weight excluding hydrogens is 256 g/mol. The first-order valence-electron chi connectivity index (χ1n) is 5.63. The van der Waals surface area contributed by atoms with E-state index in [1.165, 1.54) is 18.2 Å². The fraction of sp³-hybridized carbons (Fsp3) is 0.500. The lowest BCUT2D eigenvalue weighted by Crippen LogP contribution is -2.25. The molecule has 1 aromatic carbocycles. The average molecular weight is 276 g/mol. The van der Waals surface area contributed by atoms with Gasteiger partial charge < -0.3 is 35.4 Å². The van der Waals surface area contributed by atoms with Crippen molar-refractivity contribution in [2.45, 2.75) is 12.2 Å². The Morgan fingerprint density at radius 1 is 0.895 bits per heavy atom. The van der Waals surface area contributed by atoms with Crippen LogP contribution in [0.2, 0.25) is 0 Å². The third kappa shape index (κ3) is 10.2. The molecule has 6 N–H and O–H groups in total. The fourth-order valence-corrected chi connectivity index (χ4v) is 0.939. The van der Waals surface area contributed by atoms with Crippen LogP contribution < -0.4 is 0 Å². The maximum absolute atomic E-state index is 8.72. The highest BCUT2D eigenvalue weighted by molar-refractivity contribution is 5.30. The van der Waals surface area contributed by atoms with Gasteiger partial charge >= 0.3 is 0 Å². The minimum atomic E-state index is -0.916. The molecule has 0 amide bonds. The molecule has 7 nitrogen and oxygen atoms in total. The van der Waals surface area contributed by atoms with Gasteiger partial charge in [-0.05, 0) is 12.1 Å². The Labute approximate surface area is 111 Å². The minimum absolute atomic E-state index is 0.0342. The van der Waals surface area contributed by atoms with E-state index in [-0.39, 0.29) is 37.9 Å². The molecule has 110 valence electrons. The van der Waals surface area contributed by atoms with E-state index in [1.807, 2.05) is 0 Å². The summed E-state index contributed by atoms with van der Waals surface area (Å²) in [5.74, 6) is 0.176. The SMILES string of the molecule is OCC(O)COCC(O)CO.Oc1cccc(O)c1. The first-order valence-corrected chi connectivity index (χ1v) is 5.63. The summed E-state index contributed by atoms with van der Waals surface area (Å²) >= 11 is 0. The highest BCUT2D eigenvalue weighted by atomic mass is 16.5. The van der Waals surface area contributed by atoms with Gasteiger partial charge in [0.25, 0.3) is 0 Å². The minimum Gasteiger partial charge on any atom is -0.508 e. The molecular formula is C12H20O7. The molecule has 1 rings (SSSR count). The summed E-state index contributed by atoms with van der Waals surface area (Å²) in [6.07, 6.45) is -1.83. The van der Waals surface area contributed by atoms with Crippen molar-refractivity contribution in [3.8, 4) is 11.5 Å². The smallest absolute Gasteiger partial charge is 0.119 e. The van der Waals surface area contributed by atoms with Crippen LogP contribution in [-0.4, -0.2) is 69.3 Å². The first kappa shape index (κ1) is 17.6. The molecule has 0 radical (unpaired) electrons. The Balaban J connectivity index is 0.000000356. The summed E-state index contributed by atoms with van der Waals surface area (Å²) in [5, 5.41) is 51.4. The van der Waals surface area contributed by atoms with Gasteiger partial charge in [-0.1, -0.05) is 6.07 Å². The second-order valence-corrected chi connectivity index (χ2v) is 3.73. The number of phenolic OH excluding ortho intramolecular Hbond substituents is 2. The zero-order chi connectivity index (χ0) is 14.7. The normalized spacial score (nSPS) is 13.3. The van der Waals surface area contributed by atoms with Gasteiger partial charge in [0.2, 0.25) is 0 Å². The van der Waals surface area contributed by atoms with Crippen molar-refractivity contribution in [2.24, 2.45) is 0 Å². The molecule has 0 heterocycles. The molecule has 0 fully saturated rings. The molecule has 1 aromatic rings. The molecule has 0 aliphatic rings. The third-order valence-corrected chi connectivity index (χ3v) is 1.87. The Kier molecular flexibility index (Phi) is 9.77. The number of hydrogen-bond acceptors (Lipinski definition) is 7. The average Bonchev–Trinajstić information content (AvgIpc) is 2.38. The molecule has 0 bridgehead atoms. The van der Waals surface area contributed by atoms with Crippen LogP contribution in [0.1, 0.15) is 0 Å². The van der Waals surface area contributed by atoms with Gasteiger partial charge in [0, 0.05) is 6.07 Å². The summed E-state index contributed by atoms with van der Waals surface area (Å²) in [4.78, 5) is 0. The predicted molar refractivity (Wildman–Crippen MR) is 66.8 cm³/mol. The van der Waals surface area contributed by atoms with Crippen LogP contribution >= 0.6 is 0 Å². The van der Waals surface area contributed by atoms with E-state index in [4.69, 9.17) is 35.4 Å². The summed E-state index contributed by atoms with van der Waals surface area (Å²) < 4.78 is 4.72. The van der Waals surface area contributed by atoms with Crippen molar-refractivity contribution in [3.63, 3.8) is 0 Å². The van der Waals surface area contributed by atoms with E-state index < -0.39 is 12.2 Å².